The number of nitrogens with one attached hydrogen (secondary N) is 2. The van der Waals surface area contributed by atoms with E-state index in [9.17, 15) is 9.59 Å². The third kappa shape index (κ3) is 4.49. The summed E-state index contributed by atoms with van der Waals surface area (Å²) < 4.78 is 7.33. The zero-order valence-corrected chi connectivity index (χ0v) is 16.1. The van der Waals surface area contributed by atoms with Crippen LogP contribution in [0.25, 0.3) is 11.0 Å². The summed E-state index contributed by atoms with van der Waals surface area (Å²) in [5.74, 6) is 0.544. The van der Waals surface area contributed by atoms with Crippen LogP contribution >= 0.6 is 0 Å². The molecule has 146 valence electrons. The largest absolute Gasteiger partial charge is 0.494 e. The second-order valence-corrected chi connectivity index (χ2v) is 6.26. The zero-order chi connectivity index (χ0) is 19.9. The van der Waals surface area contributed by atoms with Crippen molar-refractivity contribution in [2.75, 3.05) is 18.5 Å². The molecular formula is C21H24N4O3. The number of para-hydroxylation sites is 2. The number of hydrogen-bond acceptors (Lipinski definition) is 4. The van der Waals surface area contributed by atoms with Crippen LogP contribution in [0.2, 0.25) is 0 Å². The van der Waals surface area contributed by atoms with Gasteiger partial charge in [-0.3, -0.25) is 14.9 Å². The Bertz CT molecular complexity index is 963. The number of amides is 2. The van der Waals surface area contributed by atoms with Gasteiger partial charge in [0.25, 0.3) is 5.91 Å². The summed E-state index contributed by atoms with van der Waals surface area (Å²) in [6.07, 6.45) is 0.914. The molecule has 0 saturated carbocycles. The molecule has 3 aromatic rings. The summed E-state index contributed by atoms with van der Waals surface area (Å²) in [6, 6.07) is 14.5. The molecule has 2 N–H and O–H groups in total. The van der Waals surface area contributed by atoms with Gasteiger partial charge in [0.1, 0.15) is 5.75 Å². The van der Waals surface area contributed by atoms with E-state index < -0.39 is 0 Å². The van der Waals surface area contributed by atoms with Crippen molar-refractivity contribution in [2.45, 2.75) is 26.8 Å². The number of carbonyl (C=O) groups is 2. The van der Waals surface area contributed by atoms with Gasteiger partial charge in [-0.25, -0.2) is 4.98 Å². The lowest BCUT2D eigenvalue weighted by Crippen LogP contribution is -2.33. The van der Waals surface area contributed by atoms with Crippen LogP contribution in [-0.4, -0.2) is 34.5 Å². The van der Waals surface area contributed by atoms with Gasteiger partial charge in [0.15, 0.2) is 0 Å². The molecular weight excluding hydrogens is 356 g/mol. The summed E-state index contributed by atoms with van der Waals surface area (Å²) in [5.41, 5.74) is 2.26. The predicted molar refractivity (Wildman–Crippen MR) is 109 cm³/mol. The maximum atomic E-state index is 12.3. The molecule has 0 aliphatic carbocycles. The van der Waals surface area contributed by atoms with Crippen molar-refractivity contribution in [1.82, 2.24) is 14.9 Å². The number of nitrogens with zero attached hydrogens (tertiary/aromatic N) is 2. The average Bonchev–Trinajstić information content (AvgIpc) is 3.04. The van der Waals surface area contributed by atoms with Crippen LogP contribution in [0, 0.1) is 0 Å². The van der Waals surface area contributed by atoms with Crippen LogP contribution < -0.4 is 15.4 Å². The highest BCUT2D eigenvalue weighted by atomic mass is 16.5. The SMILES string of the molecule is CCCn1c(NC(=O)CNC(=O)c2ccc(OCC)cc2)nc2ccccc21. The lowest BCUT2D eigenvalue weighted by atomic mass is 10.2. The van der Waals surface area contributed by atoms with Gasteiger partial charge in [-0.1, -0.05) is 19.1 Å². The Morgan fingerprint density at radius 3 is 2.54 bits per heavy atom. The molecule has 0 aliphatic heterocycles. The average molecular weight is 380 g/mol. The van der Waals surface area contributed by atoms with Crippen molar-refractivity contribution in [1.29, 1.82) is 0 Å². The number of imidazole rings is 1. The number of ether oxygens (including phenoxy) is 1. The molecule has 0 atom stereocenters. The Balaban J connectivity index is 1.62. The quantitative estimate of drug-likeness (QED) is 0.628. The molecule has 3 rings (SSSR count). The first-order chi connectivity index (χ1) is 13.6. The van der Waals surface area contributed by atoms with E-state index in [1.165, 1.54) is 0 Å². The molecule has 0 fully saturated rings. The van der Waals surface area contributed by atoms with Crippen molar-refractivity contribution in [3.8, 4) is 5.75 Å². The normalized spacial score (nSPS) is 10.6. The summed E-state index contributed by atoms with van der Waals surface area (Å²) >= 11 is 0. The Morgan fingerprint density at radius 1 is 1.07 bits per heavy atom. The highest BCUT2D eigenvalue weighted by molar-refractivity contribution is 5.99. The second kappa shape index (κ2) is 9.03. The van der Waals surface area contributed by atoms with Crippen molar-refractivity contribution in [2.24, 2.45) is 0 Å². The van der Waals surface area contributed by atoms with Gasteiger partial charge in [0.2, 0.25) is 11.9 Å². The number of hydrogen-bond donors (Lipinski definition) is 2. The standard InChI is InChI=1S/C21H24N4O3/c1-3-13-25-18-8-6-5-7-17(18)23-21(25)24-19(26)14-22-20(27)15-9-11-16(12-10-15)28-4-2/h5-12H,3-4,13-14H2,1-2H3,(H,22,27)(H,23,24,26). The van der Waals surface area contributed by atoms with Crippen LogP contribution in [0.3, 0.4) is 0 Å². The Hall–Kier alpha value is -3.35. The molecule has 0 saturated heterocycles. The molecule has 0 bridgehead atoms. The second-order valence-electron chi connectivity index (χ2n) is 6.26. The fourth-order valence-corrected chi connectivity index (χ4v) is 2.92. The fraction of sp³-hybridized carbons (Fsp3) is 0.286. The number of benzene rings is 2. The van der Waals surface area contributed by atoms with Gasteiger partial charge in [0.05, 0.1) is 24.2 Å². The zero-order valence-electron chi connectivity index (χ0n) is 16.1. The number of anilines is 1. The monoisotopic (exact) mass is 380 g/mol. The first-order valence-corrected chi connectivity index (χ1v) is 9.38. The summed E-state index contributed by atoms with van der Waals surface area (Å²) in [5, 5.41) is 5.42. The van der Waals surface area contributed by atoms with Gasteiger partial charge < -0.3 is 14.6 Å². The topological polar surface area (TPSA) is 85.2 Å². The van der Waals surface area contributed by atoms with Crippen LogP contribution in [-0.2, 0) is 11.3 Å². The minimum Gasteiger partial charge on any atom is -0.494 e. The van der Waals surface area contributed by atoms with Crippen molar-refractivity contribution in [3.05, 3.63) is 54.1 Å². The molecule has 2 amide bonds. The number of rotatable bonds is 8. The minimum absolute atomic E-state index is 0.138. The molecule has 7 nitrogen and oxygen atoms in total. The minimum atomic E-state index is -0.327. The maximum Gasteiger partial charge on any atom is 0.251 e. The summed E-state index contributed by atoms with van der Waals surface area (Å²) in [4.78, 5) is 29.0. The lowest BCUT2D eigenvalue weighted by Gasteiger charge is -2.10. The Labute approximate surface area is 163 Å². The highest BCUT2D eigenvalue weighted by Gasteiger charge is 2.14. The van der Waals surface area contributed by atoms with Crippen LogP contribution in [0.5, 0.6) is 5.75 Å². The molecule has 2 aromatic carbocycles. The van der Waals surface area contributed by atoms with Crippen molar-refractivity contribution >= 4 is 28.8 Å². The molecule has 0 radical (unpaired) electrons. The number of aromatic nitrogens is 2. The van der Waals surface area contributed by atoms with Crippen LogP contribution in [0.4, 0.5) is 5.95 Å². The van der Waals surface area contributed by atoms with Crippen LogP contribution in [0.15, 0.2) is 48.5 Å². The first kappa shape index (κ1) is 19.4. The third-order valence-electron chi connectivity index (χ3n) is 4.19. The van der Waals surface area contributed by atoms with Crippen molar-refractivity contribution < 1.29 is 14.3 Å². The van der Waals surface area contributed by atoms with E-state index >= 15 is 0 Å². The van der Waals surface area contributed by atoms with E-state index in [-0.39, 0.29) is 18.4 Å². The van der Waals surface area contributed by atoms with E-state index in [1.807, 2.05) is 35.8 Å². The molecule has 1 heterocycles. The van der Waals surface area contributed by atoms with E-state index in [4.69, 9.17) is 4.74 Å². The lowest BCUT2D eigenvalue weighted by molar-refractivity contribution is -0.115. The molecule has 1 aromatic heterocycles. The number of fused-ring (bicyclic) bond motifs is 1. The molecule has 0 spiro atoms. The van der Waals surface area contributed by atoms with Gasteiger partial charge in [-0.15, -0.1) is 0 Å². The van der Waals surface area contributed by atoms with Gasteiger partial charge in [-0.2, -0.15) is 0 Å². The fourth-order valence-electron chi connectivity index (χ4n) is 2.92. The first-order valence-electron chi connectivity index (χ1n) is 9.38. The molecule has 0 unspecified atom stereocenters. The smallest absolute Gasteiger partial charge is 0.251 e. The summed E-state index contributed by atoms with van der Waals surface area (Å²) in [7, 11) is 0. The molecule has 28 heavy (non-hydrogen) atoms. The Morgan fingerprint density at radius 2 is 1.82 bits per heavy atom. The Kier molecular flexibility index (Phi) is 6.26. The van der Waals surface area contributed by atoms with E-state index in [0.717, 1.165) is 24.0 Å². The predicted octanol–water partition coefficient (Wildman–Crippen LogP) is 3.21. The van der Waals surface area contributed by atoms with Gasteiger partial charge in [0, 0.05) is 12.1 Å². The summed E-state index contributed by atoms with van der Waals surface area (Å²) in [6.45, 7) is 5.13. The number of carbonyl (C=O) groups excluding carboxylic acids is 2. The van der Waals surface area contributed by atoms with Gasteiger partial charge in [-0.05, 0) is 49.7 Å². The molecule has 0 aliphatic rings. The number of aryl methyl sites for hydroxylation is 1. The third-order valence-corrected chi connectivity index (χ3v) is 4.19. The van der Waals surface area contributed by atoms with Crippen molar-refractivity contribution in [3.63, 3.8) is 0 Å². The van der Waals surface area contributed by atoms with Crippen LogP contribution in [0.1, 0.15) is 30.6 Å². The van der Waals surface area contributed by atoms with E-state index in [1.54, 1.807) is 24.3 Å². The van der Waals surface area contributed by atoms with E-state index in [2.05, 4.69) is 22.5 Å². The highest BCUT2D eigenvalue weighted by Crippen LogP contribution is 2.20. The van der Waals surface area contributed by atoms with E-state index in [0.29, 0.717) is 23.9 Å². The van der Waals surface area contributed by atoms with Gasteiger partial charge >= 0.3 is 0 Å². The maximum absolute atomic E-state index is 12.3. The molecule has 7 heteroatoms.